The van der Waals surface area contributed by atoms with Crippen LogP contribution in [0, 0.1) is 5.92 Å². The highest BCUT2D eigenvalue weighted by Gasteiger charge is 2.18. The van der Waals surface area contributed by atoms with Crippen molar-refractivity contribution in [2.75, 3.05) is 14.2 Å². The summed E-state index contributed by atoms with van der Waals surface area (Å²) < 4.78 is 5.13. The van der Waals surface area contributed by atoms with Crippen LogP contribution in [0.15, 0.2) is 23.2 Å². The fourth-order valence-corrected chi connectivity index (χ4v) is 2.64. The Bertz CT molecular complexity index is 467. The average Bonchev–Trinajstić information content (AvgIpc) is 2.53. The van der Waals surface area contributed by atoms with Gasteiger partial charge in [0, 0.05) is 19.2 Å². The van der Waals surface area contributed by atoms with Crippen LogP contribution in [0.1, 0.15) is 38.3 Å². The highest BCUT2D eigenvalue weighted by atomic mass is 16.5. The van der Waals surface area contributed by atoms with Crippen LogP contribution in [0.2, 0.25) is 0 Å². The van der Waals surface area contributed by atoms with Crippen LogP contribution >= 0.6 is 0 Å². The summed E-state index contributed by atoms with van der Waals surface area (Å²) >= 11 is 0. The van der Waals surface area contributed by atoms with Crippen molar-refractivity contribution in [1.82, 2.24) is 15.6 Å². The van der Waals surface area contributed by atoms with Gasteiger partial charge in [-0.15, -0.1) is 0 Å². The van der Waals surface area contributed by atoms with E-state index >= 15 is 0 Å². The molecule has 5 nitrogen and oxygen atoms in total. The van der Waals surface area contributed by atoms with Gasteiger partial charge in [0.2, 0.25) is 5.88 Å². The number of ether oxygens (including phenoxy) is 1. The molecule has 0 bridgehead atoms. The normalized spacial score (nSPS) is 22.7. The molecule has 2 N–H and O–H groups in total. The van der Waals surface area contributed by atoms with Gasteiger partial charge in [0.15, 0.2) is 5.96 Å². The van der Waals surface area contributed by atoms with Gasteiger partial charge in [-0.25, -0.2) is 4.98 Å². The van der Waals surface area contributed by atoms with Gasteiger partial charge in [-0.05, 0) is 37.7 Å². The van der Waals surface area contributed by atoms with E-state index in [1.165, 1.54) is 25.7 Å². The number of nitrogens with zero attached hydrogens (tertiary/aromatic N) is 2. The number of aromatic nitrogens is 1. The van der Waals surface area contributed by atoms with Gasteiger partial charge in [-0.2, -0.15) is 0 Å². The van der Waals surface area contributed by atoms with Gasteiger partial charge in [-0.1, -0.05) is 13.0 Å². The van der Waals surface area contributed by atoms with Crippen LogP contribution in [0.5, 0.6) is 5.88 Å². The molecule has 0 spiro atoms. The van der Waals surface area contributed by atoms with Crippen molar-refractivity contribution >= 4 is 5.96 Å². The molecule has 2 rings (SSSR count). The lowest BCUT2D eigenvalue weighted by Crippen LogP contribution is -2.44. The largest absolute Gasteiger partial charge is 0.481 e. The summed E-state index contributed by atoms with van der Waals surface area (Å²) in [4.78, 5) is 8.68. The third kappa shape index (κ3) is 4.92. The van der Waals surface area contributed by atoms with Gasteiger partial charge < -0.3 is 15.4 Å². The van der Waals surface area contributed by atoms with Crippen LogP contribution in [0.4, 0.5) is 0 Å². The van der Waals surface area contributed by atoms with Gasteiger partial charge in [0.05, 0.1) is 19.3 Å². The molecule has 1 saturated carbocycles. The molecule has 0 saturated heterocycles. The van der Waals surface area contributed by atoms with E-state index in [0.29, 0.717) is 18.5 Å². The van der Waals surface area contributed by atoms with Crippen molar-refractivity contribution in [2.45, 2.75) is 45.2 Å². The fraction of sp³-hybridized carbons (Fsp3) is 0.625. The number of methoxy groups -OCH3 is 1. The number of pyridine rings is 1. The summed E-state index contributed by atoms with van der Waals surface area (Å²) in [7, 11) is 3.43. The van der Waals surface area contributed by atoms with Crippen molar-refractivity contribution in [3.63, 3.8) is 0 Å². The van der Waals surface area contributed by atoms with E-state index in [1.807, 2.05) is 18.2 Å². The first-order chi connectivity index (χ1) is 10.2. The first-order valence-electron chi connectivity index (χ1n) is 7.68. The Kier molecular flexibility index (Phi) is 5.84. The maximum atomic E-state index is 5.13. The standard InChI is InChI=1S/C16H26N4O/c1-12-7-9-13(10-8-12)20-16(17-2)18-11-14-5-4-6-15(19-14)21-3/h4-6,12-13H,7-11H2,1-3H3,(H2,17,18,20). The quantitative estimate of drug-likeness (QED) is 0.660. The third-order valence-electron chi connectivity index (χ3n) is 4.01. The molecule has 1 aromatic heterocycles. The van der Waals surface area contributed by atoms with Crippen LogP contribution in [-0.2, 0) is 6.54 Å². The van der Waals surface area contributed by atoms with Crippen molar-refractivity contribution in [2.24, 2.45) is 10.9 Å². The van der Waals surface area contributed by atoms with Crippen molar-refractivity contribution in [3.8, 4) is 5.88 Å². The molecular formula is C16H26N4O. The maximum Gasteiger partial charge on any atom is 0.213 e. The minimum absolute atomic E-state index is 0.533. The third-order valence-corrected chi connectivity index (χ3v) is 4.01. The molecule has 0 unspecified atom stereocenters. The van der Waals surface area contributed by atoms with E-state index in [9.17, 15) is 0 Å². The molecule has 1 fully saturated rings. The molecule has 0 radical (unpaired) electrons. The number of hydrogen-bond acceptors (Lipinski definition) is 3. The monoisotopic (exact) mass is 290 g/mol. The lowest BCUT2D eigenvalue weighted by molar-refractivity contribution is 0.329. The molecule has 1 aliphatic carbocycles. The number of rotatable bonds is 4. The molecule has 21 heavy (non-hydrogen) atoms. The molecular weight excluding hydrogens is 264 g/mol. The summed E-state index contributed by atoms with van der Waals surface area (Å²) in [5.41, 5.74) is 0.939. The van der Waals surface area contributed by atoms with Crippen LogP contribution < -0.4 is 15.4 Å². The number of nitrogens with one attached hydrogen (secondary N) is 2. The summed E-state index contributed by atoms with van der Waals surface area (Å²) in [6.07, 6.45) is 5.04. The molecule has 1 aromatic rings. The molecule has 5 heteroatoms. The van der Waals surface area contributed by atoms with Gasteiger partial charge in [-0.3, -0.25) is 4.99 Å². The Balaban J connectivity index is 1.82. The van der Waals surface area contributed by atoms with E-state index in [1.54, 1.807) is 14.2 Å². The molecule has 1 heterocycles. The zero-order valence-electron chi connectivity index (χ0n) is 13.2. The summed E-state index contributed by atoms with van der Waals surface area (Å²) in [5.74, 6) is 2.34. The Morgan fingerprint density at radius 3 is 2.76 bits per heavy atom. The average molecular weight is 290 g/mol. The highest BCUT2D eigenvalue weighted by Crippen LogP contribution is 2.23. The predicted octanol–water partition coefficient (Wildman–Crippen LogP) is 2.33. The predicted molar refractivity (Wildman–Crippen MR) is 85.5 cm³/mol. The topological polar surface area (TPSA) is 58.5 Å². The second-order valence-electron chi connectivity index (χ2n) is 5.70. The van der Waals surface area contributed by atoms with Gasteiger partial charge in [0.1, 0.15) is 0 Å². The van der Waals surface area contributed by atoms with Crippen molar-refractivity contribution in [1.29, 1.82) is 0 Å². The zero-order chi connectivity index (χ0) is 15.1. The molecule has 0 atom stereocenters. The van der Waals surface area contributed by atoms with Gasteiger partial charge in [0.25, 0.3) is 0 Å². The Morgan fingerprint density at radius 1 is 1.33 bits per heavy atom. The zero-order valence-corrected chi connectivity index (χ0v) is 13.2. The summed E-state index contributed by atoms with van der Waals surface area (Å²) in [6.45, 7) is 2.97. The fourth-order valence-electron chi connectivity index (χ4n) is 2.64. The molecule has 0 amide bonds. The van der Waals surface area contributed by atoms with E-state index in [0.717, 1.165) is 17.6 Å². The second kappa shape index (κ2) is 7.86. The minimum atomic E-state index is 0.533. The smallest absolute Gasteiger partial charge is 0.213 e. The van der Waals surface area contributed by atoms with E-state index in [4.69, 9.17) is 4.74 Å². The molecule has 1 aliphatic rings. The van der Waals surface area contributed by atoms with Crippen LogP contribution in [0.3, 0.4) is 0 Å². The summed E-state index contributed by atoms with van der Waals surface area (Å²) in [6, 6.07) is 6.30. The first-order valence-corrected chi connectivity index (χ1v) is 7.68. The number of guanidine groups is 1. The van der Waals surface area contributed by atoms with E-state index in [2.05, 4.69) is 27.5 Å². The Morgan fingerprint density at radius 2 is 2.10 bits per heavy atom. The molecule has 0 aliphatic heterocycles. The van der Waals surface area contributed by atoms with Crippen molar-refractivity contribution in [3.05, 3.63) is 23.9 Å². The SMILES string of the molecule is CN=C(NCc1cccc(OC)n1)NC1CCC(C)CC1. The van der Waals surface area contributed by atoms with Crippen molar-refractivity contribution < 1.29 is 4.74 Å². The van der Waals surface area contributed by atoms with Crippen LogP contribution in [-0.4, -0.2) is 31.1 Å². The minimum Gasteiger partial charge on any atom is -0.481 e. The molecule has 116 valence electrons. The lowest BCUT2D eigenvalue weighted by atomic mass is 9.87. The number of aliphatic imine (C=N–C) groups is 1. The summed E-state index contributed by atoms with van der Waals surface area (Å²) in [5, 5.41) is 6.82. The lowest BCUT2D eigenvalue weighted by Gasteiger charge is -2.28. The Labute approximate surface area is 127 Å². The van der Waals surface area contributed by atoms with Crippen LogP contribution in [0.25, 0.3) is 0 Å². The second-order valence-corrected chi connectivity index (χ2v) is 5.70. The number of hydrogen-bond donors (Lipinski definition) is 2. The van der Waals surface area contributed by atoms with E-state index < -0.39 is 0 Å². The van der Waals surface area contributed by atoms with Gasteiger partial charge >= 0.3 is 0 Å². The maximum absolute atomic E-state index is 5.13. The highest BCUT2D eigenvalue weighted by molar-refractivity contribution is 5.79. The molecule has 0 aromatic carbocycles. The first kappa shape index (κ1) is 15.6. The van der Waals surface area contributed by atoms with E-state index in [-0.39, 0.29) is 0 Å². The Hall–Kier alpha value is -1.78.